The molecule has 0 radical (unpaired) electrons. The van der Waals surface area contributed by atoms with Gasteiger partial charge in [0.1, 0.15) is 18.4 Å². The van der Waals surface area contributed by atoms with Gasteiger partial charge in [0.05, 0.1) is 11.1 Å². The van der Waals surface area contributed by atoms with Crippen molar-refractivity contribution in [3.05, 3.63) is 155 Å². The third-order valence-corrected chi connectivity index (χ3v) is 7.83. The molecule has 0 saturated heterocycles. The molecule has 248 valence electrons. The number of alkyl halides is 3. The number of halogens is 4. The maximum atomic E-state index is 14.9. The highest BCUT2D eigenvalue weighted by atomic mass is 19.4. The van der Waals surface area contributed by atoms with Gasteiger partial charge in [0.15, 0.2) is 17.4 Å². The quantitative estimate of drug-likeness (QED) is 0.142. The Morgan fingerprint density at radius 2 is 1.47 bits per heavy atom. The first-order chi connectivity index (χ1) is 23.5. The van der Waals surface area contributed by atoms with Gasteiger partial charge in [-0.1, -0.05) is 84.0 Å². The molecular weight excluding hydrogens is 638 g/mol. The number of phenolic OH excluding ortho intramolecular Hbond substituents is 1. The third kappa shape index (κ3) is 7.95. The maximum Gasteiger partial charge on any atom is 0.416 e. The molecule has 0 unspecified atom stereocenters. The topological polar surface area (TPSA) is 97.5 Å². The minimum Gasteiger partial charge on any atom is -0.507 e. The number of aromatic hydroxyl groups is 1. The van der Waals surface area contributed by atoms with Gasteiger partial charge < -0.3 is 19.7 Å². The van der Waals surface area contributed by atoms with E-state index in [9.17, 15) is 27.5 Å². The molecule has 49 heavy (non-hydrogen) atoms. The molecule has 1 amide bonds. The molecule has 1 heterocycles. The Labute approximate surface area is 278 Å². The van der Waals surface area contributed by atoms with Crippen molar-refractivity contribution in [3.8, 4) is 33.8 Å². The first kappa shape index (κ1) is 33.0. The molecule has 6 aromatic rings. The maximum absolute atomic E-state index is 14.9. The fourth-order valence-electron chi connectivity index (χ4n) is 5.24. The van der Waals surface area contributed by atoms with E-state index >= 15 is 0 Å². The average molecular weight is 668 g/mol. The summed E-state index contributed by atoms with van der Waals surface area (Å²) in [6.07, 6.45) is -4.25. The summed E-state index contributed by atoms with van der Waals surface area (Å²) in [5, 5.41) is 17.2. The second-order valence-electron chi connectivity index (χ2n) is 11.3. The van der Waals surface area contributed by atoms with Gasteiger partial charge in [0, 0.05) is 6.42 Å². The lowest BCUT2D eigenvalue weighted by molar-refractivity contribution is -0.137. The number of carbonyl (C=O) groups is 1. The highest BCUT2D eigenvalue weighted by Gasteiger charge is 2.30. The van der Waals surface area contributed by atoms with Crippen molar-refractivity contribution in [3.63, 3.8) is 0 Å². The first-order valence-corrected chi connectivity index (χ1v) is 15.2. The summed E-state index contributed by atoms with van der Waals surface area (Å²) in [5.74, 6) is -0.821. The molecule has 5 aromatic carbocycles. The fraction of sp³-hybridized carbons (Fsp3) is 0.132. The van der Waals surface area contributed by atoms with E-state index in [0.29, 0.717) is 22.5 Å². The van der Waals surface area contributed by atoms with Crippen LogP contribution in [0.3, 0.4) is 0 Å². The molecule has 1 atom stereocenters. The number of nitrogens with zero attached hydrogens (tertiary/aromatic N) is 2. The summed E-state index contributed by atoms with van der Waals surface area (Å²) in [4.78, 5) is 17.8. The second kappa shape index (κ2) is 14.0. The lowest BCUT2D eigenvalue weighted by atomic mass is 9.99. The number of hydrogen-bond acceptors (Lipinski definition) is 6. The number of nitrogens with one attached hydrogen (secondary N) is 1. The van der Waals surface area contributed by atoms with Crippen molar-refractivity contribution in [2.24, 2.45) is 0 Å². The molecule has 0 saturated carbocycles. The van der Waals surface area contributed by atoms with Crippen LogP contribution in [0, 0.1) is 12.7 Å². The molecule has 11 heteroatoms. The van der Waals surface area contributed by atoms with Crippen LogP contribution in [0.2, 0.25) is 0 Å². The van der Waals surface area contributed by atoms with Gasteiger partial charge in [0.2, 0.25) is 5.89 Å². The summed E-state index contributed by atoms with van der Waals surface area (Å²) in [6, 6.07) is 29.5. The van der Waals surface area contributed by atoms with E-state index in [1.165, 1.54) is 36.4 Å². The summed E-state index contributed by atoms with van der Waals surface area (Å²) in [6.45, 7) is 1.88. The van der Waals surface area contributed by atoms with Gasteiger partial charge >= 0.3 is 6.18 Å². The Hall–Kier alpha value is -5.97. The van der Waals surface area contributed by atoms with Crippen LogP contribution in [-0.4, -0.2) is 21.2 Å². The van der Waals surface area contributed by atoms with E-state index in [1.54, 1.807) is 19.1 Å². The van der Waals surface area contributed by atoms with Gasteiger partial charge in [-0.25, -0.2) is 4.39 Å². The Kier molecular flexibility index (Phi) is 9.43. The first-order valence-electron chi connectivity index (χ1n) is 15.2. The molecule has 0 aliphatic rings. The molecular formula is C38H29F4N3O4. The fourth-order valence-corrected chi connectivity index (χ4v) is 5.24. The zero-order valence-corrected chi connectivity index (χ0v) is 26.0. The molecule has 0 aliphatic carbocycles. The Morgan fingerprint density at radius 1 is 0.837 bits per heavy atom. The largest absolute Gasteiger partial charge is 0.507 e. The number of phenols is 1. The normalized spacial score (nSPS) is 12.0. The summed E-state index contributed by atoms with van der Waals surface area (Å²) in [5.41, 5.74) is 3.10. The van der Waals surface area contributed by atoms with E-state index in [-0.39, 0.29) is 36.0 Å². The van der Waals surface area contributed by atoms with Gasteiger partial charge in [-0.15, -0.1) is 0 Å². The SMILES string of the molecule is Cc1noc([C@@H](Cc2ccc(-c3ccc(OCc4ccccc4)c(F)c3)cc2)NC(=O)c2cc(-c3ccc(C(F)(F)F)cc3)ccc2O)n1. The van der Waals surface area contributed by atoms with Crippen LogP contribution in [0.1, 0.15) is 44.8 Å². The van der Waals surface area contributed by atoms with Crippen LogP contribution in [0.15, 0.2) is 120 Å². The zero-order chi connectivity index (χ0) is 34.5. The van der Waals surface area contributed by atoms with Crippen LogP contribution < -0.4 is 10.1 Å². The lowest BCUT2D eigenvalue weighted by Gasteiger charge is -2.17. The van der Waals surface area contributed by atoms with E-state index in [2.05, 4.69) is 15.5 Å². The number of aromatic nitrogens is 2. The molecule has 2 N–H and O–H groups in total. The second-order valence-corrected chi connectivity index (χ2v) is 11.3. The predicted octanol–water partition coefficient (Wildman–Crippen LogP) is 8.87. The Balaban J connectivity index is 1.17. The minimum absolute atomic E-state index is 0.0906. The standard InChI is InChI=1S/C38H29F4N3O4/c1-23-43-37(49-45-23)33(44-36(47)31-20-28(13-17-34(31)46)27-11-15-30(16-12-27)38(40,41)42)19-24-7-9-26(10-8-24)29-14-18-35(32(39)21-29)48-22-25-5-3-2-4-6-25/h2-18,20-21,33,46H,19,22H2,1H3,(H,44,47)/t33-/m1/s1. The van der Waals surface area contributed by atoms with Crippen LogP contribution in [0.5, 0.6) is 11.5 Å². The smallest absolute Gasteiger partial charge is 0.416 e. The van der Waals surface area contributed by atoms with Crippen LogP contribution in [-0.2, 0) is 19.2 Å². The molecule has 0 bridgehead atoms. The number of benzene rings is 5. The van der Waals surface area contributed by atoms with Crippen LogP contribution in [0.25, 0.3) is 22.3 Å². The number of hydrogen-bond donors (Lipinski definition) is 2. The predicted molar refractivity (Wildman–Crippen MR) is 174 cm³/mol. The van der Waals surface area contributed by atoms with Gasteiger partial charge in [-0.2, -0.15) is 18.2 Å². The third-order valence-electron chi connectivity index (χ3n) is 7.83. The Bertz CT molecular complexity index is 2060. The number of rotatable bonds is 10. The van der Waals surface area contributed by atoms with Crippen molar-refractivity contribution in [1.29, 1.82) is 0 Å². The Morgan fingerprint density at radius 3 is 2.10 bits per heavy atom. The van der Waals surface area contributed by atoms with Crippen molar-refractivity contribution >= 4 is 5.91 Å². The zero-order valence-electron chi connectivity index (χ0n) is 26.0. The van der Waals surface area contributed by atoms with Crippen LogP contribution in [0.4, 0.5) is 17.6 Å². The van der Waals surface area contributed by atoms with Crippen LogP contribution >= 0.6 is 0 Å². The molecule has 0 spiro atoms. The van der Waals surface area contributed by atoms with Crippen molar-refractivity contribution in [1.82, 2.24) is 15.5 Å². The number of amides is 1. The monoisotopic (exact) mass is 667 g/mol. The van der Waals surface area contributed by atoms with E-state index in [4.69, 9.17) is 9.26 Å². The molecule has 0 aliphatic heterocycles. The average Bonchev–Trinajstić information content (AvgIpc) is 3.54. The number of ether oxygens (including phenoxy) is 1. The van der Waals surface area contributed by atoms with E-state index < -0.39 is 29.5 Å². The number of aryl methyl sites for hydroxylation is 1. The van der Waals surface area contributed by atoms with Crippen molar-refractivity contribution < 1.29 is 36.7 Å². The van der Waals surface area contributed by atoms with Gasteiger partial charge in [-0.3, -0.25) is 4.79 Å². The van der Waals surface area contributed by atoms with Crippen molar-refractivity contribution in [2.75, 3.05) is 0 Å². The number of carbonyl (C=O) groups excluding carboxylic acids is 1. The summed E-state index contributed by atoms with van der Waals surface area (Å²) in [7, 11) is 0. The van der Waals surface area contributed by atoms with E-state index in [0.717, 1.165) is 28.8 Å². The molecule has 1 aromatic heterocycles. The molecule has 7 nitrogen and oxygen atoms in total. The van der Waals surface area contributed by atoms with Gasteiger partial charge in [0.25, 0.3) is 5.91 Å². The lowest BCUT2D eigenvalue weighted by Crippen LogP contribution is -2.30. The minimum atomic E-state index is -4.48. The van der Waals surface area contributed by atoms with E-state index in [1.807, 2.05) is 54.6 Å². The molecule has 0 fully saturated rings. The highest BCUT2D eigenvalue weighted by molar-refractivity contribution is 5.98. The summed E-state index contributed by atoms with van der Waals surface area (Å²) < 4.78 is 65.0. The molecule has 6 rings (SSSR count). The van der Waals surface area contributed by atoms with Crippen molar-refractivity contribution in [2.45, 2.75) is 32.2 Å². The van der Waals surface area contributed by atoms with Gasteiger partial charge in [-0.05, 0) is 76.7 Å². The summed E-state index contributed by atoms with van der Waals surface area (Å²) >= 11 is 0. The highest BCUT2D eigenvalue weighted by Crippen LogP contribution is 2.33.